The van der Waals surface area contributed by atoms with E-state index in [4.69, 9.17) is 0 Å². The molecule has 0 spiro atoms. The summed E-state index contributed by atoms with van der Waals surface area (Å²) in [5.41, 5.74) is -0.726. The summed E-state index contributed by atoms with van der Waals surface area (Å²) in [7, 11) is 0. The predicted octanol–water partition coefficient (Wildman–Crippen LogP) is 0.217. The molecule has 0 saturated carbocycles. The van der Waals surface area contributed by atoms with E-state index in [1.165, 1.54) is 0 Å². The van der Waals surface area contributed by atoms with Crippen LogP contribution in [0.5, 0.6) is 5.75 Å². The average molecular weight is 285 g/mol. The molecular formula is C15H11NO5. The maximum absolute atomic E-state index is 12.1. The smallest absolute Gasteiger partial charge is 0.267 e. The lowest BCUT2D eigenvalue weighted by Gasteiger charge is -2.13. The molecule has 1 heterocycles. The third-order valence-corrected chi connectivity index (χ3v) is 3.67. The number of fused-ring (bicyclic) bond motifs is 1. The van der Waals surface area contributed by atoms with Gasteiger partial charge in [0.15, 0.2) is 5.75 Å². The van der Waals surface area contributed by atoms with Crippen molar-refractivity contribution in [2.45, 2.75) is 12.8 Å². The van der Waals surface area contributed by atoms with Crippen LogP contribution in [0, 0.1) is 0 Å². The van der Waals surface area contributed by atoms with Gasteiger partial charge in [0, 0.05) is 12.1 Å². The van der Waals surface area contributed by atoms with Crippen molar-refractivity contribution in [2.75, 3.05) is 6.54 Å². The first kappa shape index (κ1) is 13.2. The molecule has 106 valence electrons. The lowest BCUT2D eigenvalue weighted by Crippen LogP contribution is -2.35. The van der Waals surface area contributed by atoms with Gasteiger partial charge in [0.25, 0.3) is 17.2 Å². The van der Waals surface area contributed by atoms with Gasteiger partial charge in [0.05, 0.1) is 11.1 Å². The van der Waals surface area contributed by atoms with E-state index in [1.807, 2.05) is 0 Å². The van der Waals surface area contributed by atoms with Gasteiger partial charge in [0.1, 0.15) is 0 Å². The average Bonchev–Trinajstić information content (AvgIpc) is 2.75. The van der Waals surface area contributed by atoms with Crippen molar-refractivity contribution in [3.05, 3.63) is 61.4 Å². The normalized spacial score (nSPS) is 14.0. The van der Waals surface area contributed by atoms with E-state index in [1.54, 1.807) is 24.3 Å². The van der Waals surface area contributed by atoms with Crippen molar-refractivity contribution >= 4 is 11.8 Å². The van der Waals surface area contributed by atoms with E-state index in [-0.39, 0.29) is 30.3 Å². The van der Waals surface area contributed by atoms with Crippen LogP contribution in [0.15, 0.2) is 33.9 Å². The van der Waals surface area contributed by atoms with Crippen LogP contribution in [0.4, 0.5) is 0 Å². The second-order valence-electron chi connectivity index (χ2n) is 4.90. The van der Waals surface area contributed by atoms with Crippen LogP contribution in [0.3, 0.4) is 0 Å². The highest BCUT2D eigenvalue weighted by Gasteiger charge is 2.34. The molecule has 0 atom stereocenters. The monoisotopic (exact) mass is 285 g/mol. The number of nitrogens with zero attached hydrogens (tertiary/aromatic N) is 1. The molecule has 2 aromatic carbocycles. The Labute approximate surface area is 118 Å². The Kier molecular flexibility index (Phi) is 2.94. The maximum Gasteiger partial charge on any atom is 0.267 e. The number of rotatable bonds is 4. The predicted molar refractivity (Wildman–Crippen MR) is 73.1 cm³/mol. The molecule has 0 fully saturated rings. The van der Waals surface area contributed by atoms with Crippen LogP contribution in [-0.2, 0) is 6.42 Å². The van der Waals surface area contributed by atoms with E-state index in [2.05, 4.69) is 0 Å². The third kappa shape index (κ3) is 1.87. The molecule has 2 aromatic rings. The van der Waals surface area contributed by atoms with E-state index in [0.717, 1.165) is 4.90 Å². The van der Waals surface area contributed by atoms with Gasteiger partial charge in [-0.05, 0) is 25.0 Å². The summed E-state index contributed by atoms with van der Waals surface area (Å²) >= 11 is 0. The number of benzene rings is 1. The van der Waals surface area contributed by atoms with Crippen molar-refractivity contribution < 1.29 is 14.7 Å². The Bertz CT molecular complexity index is 794. The number of carbonyl (C=O) groups excluding carboxylic acids is 2. The molecule has 2 amide bonds. The fourth-order valence-corrected chi connectivity index (χ4v) is 2.51. The first-order chi connectivity index (χ1) is 10.0. The molecule has 6 heteroatoms. The van der Waals surface area contributed by atoms with Crippen LogP contribution < -0.4 is 10.9 Å². The van der Waals surface area contributed by atoms with Crippen LogP contribution in [0.25, 0.3) is 0 Å². The molecule has 1 N–H and O–H groups in total. The van der Waals surface area contributed by atoms with Gasteiger partial charge in [-0.1, -0.05) is 12.1 Å². The summed E-state index contributed by atoms with van der Waals surface area (Å²) in [5, 5.41) is 9.25. The zero-order valence-electron chi connectivity index (χ0n) is 11.0. The molecule has 1 aliphatic heterocycles. The van der Waals surface area contributed by atoms with Gasteiger partial charge in [-0.2, -0.15) is 0 Å². The molecule has 0 saturated heterocycles. The van der Waals surface area contributed by atoms with Crippen LogP contribution in [0.1, 0.15) is 32.7 Å². The maximum atomic E-state index is 12.1. The summed E-state index contributed by atoms with van der Waals surface area (Å²) in [4.78, 5) is 47.3. The van der Waals surface area contributed by atoms with Crippen molar-refractivity contribution in [1.29, 1.82) is 0 Å². The highest BCUT2D eigenvalue weighted by Crippen LogP contribution is 2.23. The van der Waals surface area contributed by atoms with Gasteiger partial charge < -0.3 is 5.11 Å². The van der Waals surface area contributed by atoms with E-state index in [9.17, 15) is 24.3 Å². The fraction of sp³-hybridized carbons (Fsp3) is 0.200. The van der Waals surface area contributed by atoms with Gasteiger partial charge in [-0.3, -0.25) is 24.1 Å². The van der Waals surface area contributed by atoms with Crippen LogP contribution in [0.2, 0.25) is 0 Å². The Hall–Kier alpha value is -2.76. The Balaban J connectivity index is 1.68. The Morgan fingerprint density at radius 2 is 1.48 bits per heavy atom. The zero-order chi connectivity index (χ0) is 15.1. The minimum atomic E-state index is -0.870. The summed E-state index contributed by atoms with van der Waals surface area (Å²) < 4.78 is 0. The number of aromatic hydroxyl groups is 1. The molecule has 0 aromatic heterocycles. The molecule has 0 unspecified atom stereocenters. The Morgan fingerprint density at radius 1 is 0.905 bits per heavy atom. The van der Waals surface area contributed by atoms with Crippen LogP contribution in [-0.4, -0.2) is 28.4 Å². The van der Waals surface area contributed by atoms with E-state index in [0.29, 0.717) is 17.5 Å². The Morgan fingerprint density at radius 3 is 2.00 bits per heavy atom. The van der Waals surface area contributed by atoms with Gasteiger partial charge in [-0.25, -0.2) is 0 Å². The number of carbonyl (C=O) groups is 2. The standard InChI is InChI=1S/C15H11NO5/c17-11-10(12(18)13(11)19)6-3-7-16-14(20)8-4-1-2-5-9(8)15(16)21/h1-2,4-5,17H,3,6-7H2. The highest BCUT2D eigenvalue weighted by atomic mass is 16.3. The van der Waals surface area contributed by atoms with Gasteiger partial charge in [-0.15, -0.1) is 0 Å². The van der Waals surface area contributed by atoms with E-state index >= 15 is 0 Å². The van der Waals surface area contributed by atoms with Crippen molar-refractivity contribution in [3.63, 3.8) is 0 Å². The van der Waals surface area contributed by atoms with Gasteiger partial charge >= 0.3 is 0 Å². The molecule has 6 nitrogen and oxygen atoms in total. The zero-order valence-corrected chi connectivity index (χ0v) is 11.0. The molecule has 0 bridgehead atoms. The quantitative estimate of drug-likeness (QED) is 0.640. The SMILES string of the molecule is O=C1c2ccccc2C(=O)N1CCCc1c(O)c(=O)c1=O. The lowest BCUT2D eigenvalue weighted by atomic mass is 10.0. The first-order valence-electron chi connectivity index (χ1n) is 6.48. The molecule has 0 aliphatic carbocycles. The summed E-state index contributed by atoms with van der Waals surface area (Å²) in [6, 6.07) is 6.57. The molecule has 21 heavy (non-hydrogen) atoms. The number of hydrogen-bond acceptors (Lipinski definition) is 5. The first-order valence-corrected chi connectivity index (χ1v) is 6.48. The lowest BCUT2D eigenvalue weighted by molar-refractivity contribution is 0.0652. The summed E-state index contributed by atoms with van der Waals surface area (Å²) in [6.07, 6.45) is 0.494. The molecule has 0 radical (unpaired) electrons. The minimum absolute atomic E-state index is 0.0802. The largest absolute Gasteiger partial charge is 0.504 e. The number of amides is 2. The molecular weight excluding hydrogens is 274 g/mol. The fourth-order valence-electron chi connectivity index (χ4n) is 2.51. The second kappa shape index (κ2) is 4.66. The highest BCUT2D eigenvalue weighted by molar-refractivity contribution is 6.21. The van der Waals surface area contributed by atoms with Crippen LogP contribution >= 0.6 is 0 Å². The van der Waals surface area contributed by atoms with Gasteiger partial charge in [0.2, 0.25) is 5.43 Å². The third-order valence-electron chi connectivity index (χ3n) is 3.67. The number of imide groups is 1. The second-order valence-corrected chi connectivity index (χ2v) is 4.90. The van der Waals surface area contributed by atoms with Crippen molar-refractivity contribution in [3.8, 4) is 5.75 Å². The van der Waals surface area contributed by atoms with Crippen molar-refractivity contribution in [1.82, 2.24) is 4.90 Å². The minimum Gasteiger partial charge on any atom is -0.504 e. The number of hydrogen-bond donors (Lipinski definition) is 1. The molecule has 3 rings (SSSR count). The van der Waals surface area contributed by atoms with E-state index < -0.39 is 16.6 Å². The summed E-state index contributed by atoms with van der Waals surface area (Å²) in [6.45, 7) is 0.143. The summed E-state index contributed by atoms with van der Waals surface area (Å²) in [5.74, 6) is -1.21. The molecule has 1 aliphatic rings. The van der Waals surface area contributed by atoms with Crippen molar-refractivity contribution in [2.24, 2.45) is 0 Å². The topological polar surface area (TPSA) is 91.8 Å².